The number of carboxylic acid groups (broad SMARTS) is 1. The number of aliphatic carboxylic acids is 1. The molecular weight excluding hydrogens is 227 g/mol. The van der Waals surface area contributed by atoms with Crippen molar-refractivity contribution in [2.45, 2.75) is 58.9 Å². The van der Waals surface area contributed by atoms with E-state index in [2.05, 4.69) is 12.2 Å². The molecule has 0 amide bonds. The van der Waals surface area contributed by atoms with E-state index < -0.39 is 12.0 Å². The molecule has 0 heterocycles. The normalized spacial score (nSPS) is 11.2. The molecule has 0 aliphatic heterocycles. The quantitative estimate of drug-likeness (QED) is 0.350. The van der Waals surface area contributed by atoms with E-state index in [4.69, 9.17) is 10.8 Å². The second-order valence-electron chi connectivity index (χ2n) is 3.84. The predicted octanol–water partition coefficient (Wildman–Crippen LogP) is -0.899. The topological polar surface area (TPSA) is 75.3 Å². The van der Waals surface area contributed by atoms with Gasteiger partial charge in [-0.05, 0) is 32.4 Å². The zero-order chi connectivity index (χ0) is 11.5. The van der Waals surface area contributed by atoms with Gasteiger partial charge in [-0.2, -0.15) is 0 Å². The molecular formula is C12H29N2NaO2. The van der Waals surface area contributed by atoms with Gasteiger partial charge in [-0.1, -0.05) is 33.6 Å². The fraction of sp³-hybridized carbons (Fsp3) is 0.917. The number of hydrogen-bond acceptors (Lipinski definition) is 3. The SMILES string of the molecule is C.CCCCCNC(CCCCN)C(=O)O.[H-].[Na+]. The second-order valence-corrected chi connectivity index (χ2v) is 3.84. The number of carboxylic acids is 1. The average molecular weight is 256 g/mol. The van der Waals surface area contributed by atoms with E-state index in [0.717, 1.165) is 38.6 Å². The standard InChI is InChI=1S/C11H24N2O2.CH4.Na.H/c1-2-3-6-9-13-10(11(14)15)7-4-5-8-12;;;/h10,13H,2-9,12H2,1H3,(H,14,15);1H4;;/q;;+1;-1. The van der Waals surface area contributed by atoms with Crippen LogP contribution >= 0.6 is 0 Å². The molecule has 5 heteroatoms. The molecule has 0 bridgehead atoms. The number of nitrogens with two attached hydrogens (primary N) is 1. The minimum atomic E-state index is -0.747. The van der Waals surface area contributed by atoms with Crippen LogP contribution in [0.5, 0.6) is 0 Å². The van der Waals surface area contributed by atoms with Crippen LogP contribution in [0.15, 0.2) is 0 Å². The first-order valence-corrected chi connectivity index (χ1v) is 5.88. The molecule has 0 aromatic heterocycles. The summed E-state index contributed by atoms with van der Waals surface area (Å²) in [7, 11) is 0. The molecule has 0 radical (unpaired) electrons. The summed E-state index contributed by atoms with van der Waals surface area (Å²) in [5.74, 6) is -0.747. The fourth-order valence-electron chi connectivity index (χ4n) is 1.46. The zero-order valence-corrected chi connectivity index (χ0v) is 12.7. The maximum atomic E-state index is 10.9. The third kappa shape index (κ3) is 14.3. The van der Waals surface area contributed by atoms with Crippen molar-refractivity contribution in [1.82, 2.24) is 5.32 Å². The maximum Gasteiger partial charge on any atom is 1.00 e. The zero-order valence-electron chi connectivity index (χ0n) is 11.7. The van der Waals surface area contributed by atoms with Gasteiger partial charge >= 0.3 is 35.5 Å². The maximum absolute atomic E-state index is 10.9. The van der Waals surface area contributed by atoms with Gasteiger partial charge in [0.2, 0.25) is 0 Å². The number of nitrogens with one attached hydrogen (secondary N) is 1. The molecule has 17 heavy (non-hydrogen) atoms. The van der Waals surface area contributed by atoms with Crippen molar-refractivity contribution in [3.8, 4) is 0 Å². The first-order chi connectivity index (χ1) is 7.22. The molecule has 0 saturated carbocycles. The predicted molar refractivity (Wildman–Crippen MR) is 69.7 cm³/mol. The second kappa shape index (κ2) is 16.4. The first-order valence-electron chi connectivity index (χ1n) is 5.88. The van der Waals surface area contributed by atoms with Crippen molar-refractivity contribution in [1.29, 1.82) is 0 Å². The summed E-state index contributed by atoms with van der Waals surface area (Å²) in [6.07, 6.45) is 5.83. The Kier molecular flexibility index (Phi) is 21.8. The molecule has 0 spiro atoms. The summed E-state index contributed by atoms with van der Waals surface area (Å²) in [4.78, 5) is 10.9. The molecule has 1 atom stereocenters. The number of unbranched alkanes of at least 4 members (excludes halogenated alkanes) is 3. The van der Waals surface area contributed by atoms with Crippen LogP contribution in [0, 0.1) is 0 Å². The Morgan fingerprint density at radius 2 is 2.00 bits per heavy atom. The van der Waals surface area contributed by atoms with E-state index in [0.29, 0.717) is 13.0 Å². The molecule has 0 rings (SSSR count). The Bertz CT molecular complexity index is 174. The van der Waals surface area contributed by atoms with E-state index in [1.54, 1.807) is 0 Å². The monoisotopic (exact) mass is 256 g/mol. The van der Waals surface area contributed by atoms with Crippen molar-refractivity contribution < 1.29 is 40.9 Å². The van der Waals surface area contributed by atoms with Gasteiger partial charge in [-0.3, -0.25) is 4.79 Å². The van der Waals surface area contributed by atoms with E-state index in [-0.39, 0.29) is 38.4 Å². The fourth-order valence-corrected chi connectivity index (χ4v) is 1.46. The number of hydrogen-bond donors (Lipinski definition) is 3. The molecule has 0 aromatic carbocycles. The Hall–Kier alpha value is 0.390. The molecule has 4 N–H and O–H groups in total. The smallest absolute Gasteiger partial charge is 1.00 e. The third-order valence-corrected chi connectivity index (χ3v) is 2.42. The van der Waals surface area contributed by atoms with Gasteiger partial charge in [0.1, 0.15) is 6.04 Å². The van der Waals surface area contributed by atoms with Gasteiger partial charge in [0.25, 0.3) is 0 Å². The summed E-state index contributed by atoms with van der Waals surface area (Å²) in [5, 5.41) is 12.0. The van der Waals surface area contributed by atoms with E-state index >= 15 is 0 Å². The molecule has 0 saturated heterocycles. The van der Waals surface area contributed by atoms with Crippen molar-refractivity contribution in [2.24, 2.45) is 5.73 Å². The van der Waals surface area contributed by atoms with Gasteiger partial charge in [-0.15, -0.1) is 0 Å². The van der Waals surface area contributed by atoms with Gasteiger partial charge < -0.3 is 17.6 Å². The van der Waals surface area contributed by atoms with E-state index in [1.807, 2.05) is 0 Å². The van der Waals surface area contributed by atoms with E-state index in [9.17, 15) is 4.79 Å². The molecule has 4 nitrogen and oxygen atoms in total. The van der Waals surface area contributed by atoms with Crippen LogP contribution in [0.3, 0.4) is 0 Å². The molecule has 100 valence electrons. The average Bonchev–Trinajstić information content (AvgIpc) is 2.21. The first kappa shape index (κ1) is 22.6. The molecule has 0 aliphatic rings. The van der Waals surface area contributed by atoms with Crippen LogP contribution in [0.1, 0.15) is 54.3 Å². The van der Waals surface area contributed by atoms with Crippen LogP contribution in [-0.4, -0.2) is 30.2 Å². The molecule has 0 aromatic rings. The summed E-state index contributed by atoms with van der Waals surface area (Å²) in [5.41, 5.74) is 5.36. The molecule has 0 fully saturated rings. The Morgan fingerprint density at radius 3 is 2.47 bits per heavy atom. The van der Waals surface area contributed by atoms with Crippen molar-refractivity contribution in [2.75, 3.05) is 13.1 Å². The number of rotatable bonds is 10. The van der Waals surface area contributed by atoms with E-state index in [1.165, 1.54) is 0 Å². The van der Waals surface area contributed by atoms with Crippen molar-refractivity contribution in [3.63, 3.8) is 0 Å². The largest absolute Gasteiger partial charge is 1.00 e. The van der Waals surface area contributed by atoms with Crippen LogP contribution in [-0.2, 0) is 4.79 Å². The van der Waals surface area contributed by atoms with Crippen LogP contribution in [0.4, 0.5) is 0 Å². The van der Waals surface area contributed by atoms with Crippen molar-refractivity contribution in [3.05, 3.63) is 0 Å². The third-order valence-electron chi connectivity index (χ3n) is 2.42. The summed E-state index contributed by atoms with van der Waals surface area (Å²) >= 11 is 0. The number of carbonyl (C=O) groups is 1. The van der Waals surface area contributed by atoms with Gasteiger partial charge in [0, 0.05) is 0 Å². The minimum Gasteiger partial charge on any atom is -1.00 e. The van der Waals surface area contributed by atoms with Gasteiger partial charge in [-0.25, -0.2) is 0 Å². The minimum absolute atomic E-state index is 0. The van der Waals surface area contributed by atoms with Crippen molar-refractivity contribution >= 4 is 5.97 Å². The van der Waals surface area contributed by atoms with Gasteiger partial charge in [0.15, 0.2) is 0 Å². The Balaban J connectivity index is -0.000000327. The van der Waals surface area contributed by atoms with Crippen LogP contribution in [0.2, 0.25) is 0 Å². The van der Waals surface area contributed by atoms with Gasteiger partial charge in [0.05, 0.1) is 0 Å². The molecule has 0 aliphatic carbocycles. The van der Waals surface area contributed by atoms with Crippen LogP contribution < -0.4 is 40.6 Å². The Labute approximate surface area is 130 Å². The molecule has 1 unspecified atom stereocenters. The summed E-state index contributed by atoms with van der Waals surface area (Å²) in [6, 6.07) is -0.395. The Morgan fingerprint density at radius 1 is 1.35 bits per heavy atom. The van der Waals surface area contributed by atoms with Crippen LogP contribution in [0.25, 0.3) is 0 Å². The summed E-state index contributed by atoms with van der Waals surface area (Å²) in [6.45, 7) is 3.57. The summed E-state index contributed by atoms with van der Waals surface area (Å²) < 4.78 is 0.